The summed E-state index contributed by atoms with van der Waals surface area (Å²) < 4.78 is 6.07. The highest BCUT2D eigenvalue weighted by Gasteiger charge is 2.07. The summed E-state index contributed by atoms with van der Waals surface area (Å²) in [6.45, 7) is 4.18. The Balaban J connectivity index is 1.19. The SMILES string of the molecule is Cc1c(COc2ccc(CNCCCC(=O)Nc3ccccc3N)cc2)cccc1-c1ccccc1. The number of carbonyl (C=O) groups excluding carboxylic acids is 1. The molecule has 1 amide bonds. The molecule has 0 unspecified atom stereocenters. The number of ether oxygens (including phenoxy) is 1. The maximum Gasteiger partial charge on any atom is 0.224 e. The van der Waals surface area contributed by atoms with Gasteiger partial charge in [0.15, 0.2) is 0 Å². The quantitative estimate of drug-likeness (QED) is 0.173. The number of rotatable bonds is 11. The van der Waals surface area contributed by atoms with Gasteiger partial charge in [-0.05, 0) is 72.0 Å². The van der Waals surface area contributed by atoms with Crippen LogP contribution in [0.15, 0.2) is 97.1 Å². The first kappa shape index (κ1) is 25.0. The minimum absolute atomic E-state index is 0.0271. The molecule has 0 aliphatic rings. The molecule has 0 bridgehead atoms. The minimum atomic E-state index is -0.0271. The van der Waals surface area contributed by atoms with Crippen molar-refractivity contribution in [3.8, 4) is 16.9 Å². The van der Waals surface area contributed by atoms with Crippen molar-refractivity contribution < 1.29 is 9.53 Å². The Morgan fingerprint density at radius 1 is 0.861 bits per heavy atom. The normalized spacial score (nSPS) is 10.7. The maximum absolute atomic E-state index is 12.1. The second-order valence-electron chi connectivity index (χ2n) is 8.80. The zero-order chi connectivity index (χ0) is 25.2. The van der Waals surface area contributed by atoms with Crippen LogP contribution >= 0.6 is 0 Å². The van der Waals surface area contributed by atoms with Gasteiger partial charge in [-0.3, -0.25) is 4.79 Å². The van der Waals surface area contributed by atoms with Gasteiger partial charge in [-0.1, -0.05) is 72.8 Å². The summed E-state index contributed by atoms with van der Waals surface area (Å²) in [5.41, 5.74) is 13.2. The van der Waals surface area contributed by atoms with Gasteiger partial charge in [-0.2, -0.15) is 0 Å². The van der Waals surface area contributed by atoms with Crippen LogP contribution in [0.3, 0.4) is 0 Å². The summed E-state index contributed by atoms with van der Waals surface area (Å²) in [5.74, 6) is 0.820. The van der Waals surface area contributed by atoms with E-state index in [0.717, 1.165) is 25.3 Å². The first-order valence-corrected chi connectivity index (χ1v) is 12.3. The van der Waals surface area contributed by atoms with Crippen molar-refractivity contribution >= 4 is 17.3 Å². The number of hydrogen-bond acceptors (Lipinski definition) is 4. The van der Waals surface area contributed by atoms with E-state index in [9.17, 15) is 4.79 Å². The van der Waals surface area contributed by atoms with Gasteiger partial charge in [-0.25, -0.2) is 0 Å². The maximum atomic E-state index is 12.1. The Bertz CT molecular complexity index is 1270. The van der Waals surface area contributed by atoms with Crippen LogP contribution in [0.25, 0.3) is 11.1 Å². The van der Waals surface area contributed by atoms with E-state index >= 15 is 0 Å². The predicted octanol–water partition coefficient (Wildman–Crippen LogP) is 6.33. The summed E-state index contributed by atoms with van der Waals surface area (Å²) in [6, 6.07) is 32.2. The monoisotopic (exact) mass is 479 g/mol. The van der Waals surface area contributed by atoms with Gasteiger partial charge in [0, 0.05) is 13.0 Å². The number of nitrogens with two attached hydrogens (primary N) is 1. The van der Waals surface area contributed by atoms with Crippen molar-refractivity contribution in [1.29, 1.82) is 0 Å². The molecule has 5 heteroatoms. The Hall–Kier alpha value is -4.09. The molecule has 36 heavy (non-hydrogen) atoms. The van der Waals surface area contributed by atoms with E-state index in [0.29, 0.717) is 24.4 Å². The van der Waals surface area contributed by atoms with Crippen LogP contribution in [-0.4, -0.2) is 12.5 Å². The van der Waals surface area contributed by atoms with E-state index in [2.05, 4.69) is 72.2 Å². The lowest BCUT2D eigenvalue weighted by Crippen LogP contribution is -2.18. The number of anilines is 2. The van der Waals surface area contributed by atoms with Gasteiger partial charge in [0.05, 0.1) is 11.4 Å². The standard InChI is InChI=1S/C31H33N3O2/c1-23-26(11-7-12-28(23)25-9-3-2-4-10-25)22-36-27-18-16-24(17-19-27)21-33-20-8-15-31(35)34-30-14-6-5-13-29(30)32/h2-7,9-14,16-19,33H,8,15,20-22,32H2,1H3,(H,34,35). The number of benzene rings is 4. The molecule has 5 nitrogen and oxygen atoms in total. The summed E-state index contributed by atoms with van der Waals surface area (Å²) in [7, 11) is 0. The third-order valence-corrected chi connectivity index (χ3v) is 6.17. The molecule has 0 aromatic heterocycles. The summed E-state index contributed by atoms with van der Waals surface area (Å²) in [6.07, 6.45) is 1.19. The fraction of sp³-hybridized carbons (Fsp3) is 0.194. The number of carbonyl (C=O) groups is 1. The smallest absolute Gasteiger partial charge is 0.224 e. The average molecular weight is 480 g/mol. The summed E-state index contributed by atoms with van der Waals surface area (Å²) >= 11 is 0. The van der Waals surface area contributed by atoms with Gasteiger partial charge in [0.25, 0.3) is 0 Å². The van der Waals surface area contributed by atoms with E-state index in [1.807, 2.05) is 36.4 Å². The third-order valence-electron chi connectivity index (χ3n) is 6.17. The molecular formula is C31H33N3O2. The van der Waals surface area contributed by atoms with Crippen LogP contribution in [-0.2, 0) is 17.9 Å². The molecule has 184 valence electrons. The van der Waals surface area contributed by atoms with Crippen molar-refractivity contribution in [3.05, 3.63) is 114 Å². The van der Waals surface area contributed by atoms with E-state index in [4.69, 9.17) is 10.5 Å². The van der Waals surface area contributed by atoms with E-state index in [1.54, 1.807) is 6.07 Å². The number of para-hydroxylation sites is 2. The third kappa shape index (κ3) is 6.96. The summed E-state index contributed by atoms with van der Waals surface area (Å²) in [4.78, 5) is 12.1. The predicted molar refractivity (Wildman–Crippen MR) is 148 cm³/mol. The van der Waals surface area contributed by atoms with Crippen LogP contribution in [0.2, 0.25) is 0 Å². The minimum Gasteiger partial charge on any atom is -0.489 e. The lowest BCUT2D eigenvalue weighted by Gasteiger charge is -2.13. The van der Waals surface area contributed by atoms with Crippen LogP contribution in [0.4, 0.5) is 11.4 Å². The van der Waals surface area contributed by atoms with Gasteiger partial charge < -0.3 is 21.1 Å². The molecule has 0 atom stereocenters. The second-order valence-corrected chi connectivity index (χ2v) is 8.80. The first-order valence-electron chi connectivity index (χ1n) is 12.3. The van der Waals surface area contributed by atoms with Crippen molar-refractivity contribution in [2.24, 2.45) is 0 Å². The van der Waals surface area contributed by atoms with Crippen molar-refractivity contribution in [1.82, 2.24) is 5.32 Å². The molecule has 4 aromatic rings. The number of hydrogen-bond donors (Lipinski definition) is 3. The van der Waals surface area contributed by atoms with Gasteiger partial charge in [-0.15, -0.1) is 0 Å². The summed E-state index contributed by atoms with van der Waals surface area (Å²) in [5, 5.41) is 6.25. The number of amides is 1. The average Bonchev–Trinajstić information content (AvgIpc) is 2.90. The topological polar surface area (TPSA) is 76.4 Å². The molecule has 4 N–H and O–H groups in total. The van der Waals surface area contributed by atoms with E-state index in [-0.39, 0.29) is 5.91 Å². The second kappa shape index (κ2) is 12.6. The Labute approximate surface area is 213 Å². The number of nitrogen functional groups attached to an aromatic ring is 1. The highest BCUT2D eigenvalue weighted by molar-refractivity contribution is 5.93. The van der Waals surface area contributed by atoms with Crippen molar-refractivity contribution in [2.75, 3.05) is 17.6 Å². The molecule has 4 rings (SSSR count). The van der Waals surface area contributed by atoms with Crippen molar-refractivity contribution in [3.63, 3.8) is 0 Å². The van der Waals surface area contributed by atoms with Crippen LogP contribution < -0.4 is 21.1 Å². The molecule has 0 aliphatic carbocycles. The zero-order valence-corrected chi connectivity index (χ0v) is 20.7. The van der Waals surface area contributed by atoms with E-state index in [1.165, 1.54) is 27.8 Å². The number of nitrogens with one attached hydrogen (secondary N) is 2. The largest absolute Gasteiger partial charge is 0.489 e. The highest BCUT2D eigenvalue weighted by Crippen LogP contribution is 2.26. The fourth-order valence-corrected chi connectivity index (χ4v) is 4.07. The molecule has 0 heterocycles. The molecule has 0 fully saturated rings. The van der Waals surface area contributed by atoms with E-state index < -0.39 is 0 Å². The van der Waals surface area contributed by atoms with Crippen LogP contribution in [0.1, 0.15) is 29.5 Å². The fourth-order valence-electron chi connectivity index (χ4n) is 4.07. The molecular weight excluding hydrogens is 446 g/mol. The molecule has 0 saturated heterocycles. The first-order chi connectivity index (χ1) is 17.6. The molecule has 0 spiro atoms. The van der Waals surface area contributed by atoms with Crippen LogP contribution in [0, 0.1) is 6.92 Å². The van der Waals surface area contributed by atoms with Gasteiger partial charge in [0.1, 0.15) is 12.4 Å². The molecule has 0 radical (unpaired) electrons. The molecule has 0 saturated carbocycles. The van der Waals surface area contributed by atoms with Gasteiger partial charge in [0.2, 0.25) is 5.91 Å². The van der Waals surface area contributed by atoms with Crippen LogP contribution in [0.5, 0.6) is 5.75 Å². The lowest BCUT2D eigenvalue weighted by atomic mass is 9.97. The highest BCUT2D eigenvalue weighted by atomic mass is 16.5. The van der Waals surface area contributed by atoms with Gasteiger partial charge >= 0.3 is 0 Å². The Kier molecular flexibility index (Phi) is 8.73. The van der Waals surface area contributed by atoms with Crippen molar-refractivity contribution in [2.45, 2.75) is 32.9 Å². The Morgan fingerprint density at radius 3 is 2.39 bits per heavy atom. The Morgan fingerprint density at radius 2 is 1.61 bits per heavy atom. The molecule has 0 aliphatic heterocycles. The molecule has 4 aromatic carbocycles. The lowest BCUT2D eigenvalue weighted by molar-refractivity contribution is -0.116. The zero-order valence-electron chi connectivity index (χ0n) is 20.7.